The molecule has 3 fully saturated rings. The highest BCUT2D eigenvalue weighted by Gasteiger charge is 2.31. The monoisotopic (exact) mass is 865 g/mol. The Balaban J connectivity index is 1.23. The second-order valence-electron chi connectivity index (χ2n) is 23.0. The third kappa shape index (κ3) is 12.0. The van der Waals surface area contributed by atoms with E-state index in [-0.39, 0.29) is 52.5 Å². The van der Waals surface area contributed by atoms with Gasteiger partial charge in [0.15, 0.2) is 0 Å². The second-order valence-corrected chi connectivity index (χ2v) is 23.0. The third-order valence-electron chi connectivity index (χ3n) is 15.0. The van der Waals surface area contributed by atoms with Crippen LogP contribution < -0.4 is 31.9 Å². The van der Waals surface area contributed by atoms with Gasteiger partial charge in [0.05, 0.1) is 0 Å². The predicted molar refractivity (Wildman–Crippen MR) is 260 cm³/mol. The summed E-state index contributed by atoms with van der Waals surface area (Å²) in [4.78, 5) is 0. The molecule has 3 aromatic rings. The second kappa shape index (κ2) is 20.1. The number of hydrogen-bond acceptors (Lipinski definition) is 9. The summed E-state index contributed by atoms with van der Waals surface area (Å²) >= 11 is 0. The minimum absolute atomic E-state index is 0.0749. The van der Waals surface area contributed by atoms with Gasteiger partial charge in [-0.2, -0.15) is 0 Å². The lowest BCUT2D eigenvalue weighted by Crippen LogP contribution is -2.49. The highest BCUT2D eigenvalue weighted by atomic mass is 16.3. The van der Waals surface area contributed by atoms with Crippen molar-refractivity contribution in [1.29, 1.82) is 0 Å². The molecule has 0 aromatic heterocycles. The highest BCUT2D eigenvalue weighted by Crippen LogP contribution is 2.36. The fraction of sp³-hybridized carbons (Fsp3) is 0.667. The van der Waals surface area contributed by atoms with Gasteiger partial charge in [-0.25, -0.2) is 0 Å². The average Bonchev–Trinajstić information content (AvgIpc) is 3.23. The van der Waals surface area contributed by atoms with E-state index < -0.39 is 0 Å². The smallest absolute Gasteiger partial charge is 0.124 e. The van der Waals surface area contributed by atoms with Crippen molar-refractivity contribution in [2.75, 3.05) is 0 Å². The van der Waals surface area contributed by atoms with E-state index in [1.165, 1.54) is 55.2 Å². The summed E-state index contributed by atoms with van der Waals surface area (Å²) < 4.78 is 0. The van der Waals surface area contributed by atoms with Crippen molar-refractivity contribution in [3.63, 3.8) is 0 Å². The van der Waals surface area contributed by atoms with Crippen molar-refractivity contribution in [2.45, 2.75) is 231 Å². The Morgan fingerprint density at radius 2 is 0.476 bits per heavy atom. The van der Waals surface area contributed by atoms with Crippen molar-refractivity contribution in [1.82, 2.24) is 31.9 Å². The average molecular weight is 865 g/mol. The number of fused-ring (bicyclic) bond motifs is 9. The molecule has 3 saturated carbocycles. The molecule has 3 aromatic carbocycles. The first-order chi connectivity index (χ1) is 29.8. The number of phenols is 3. The maximum Gasteiger partial charge on any atom is 0.124 e. The molecule has 0 radical (unpaired) electrons. The van der Waals surface area contributed by atoms with Gasteiger partial charge in [0.1, 0.15) is 17.2 Å². The van der Waals surface area contributed by atoms with Crippen LogP contribution in [0, 0.1) is 0 Å². The maximum absolute atomic E-state index is 12.0. The molecule has 6 bridgehead atoms. The summed E-state index contributed by atoms with van der Waals surface area (Å²) in [5, 5.41) is 59.3. The number of nitrogens with one attached hydrogen (secondary N) is 6. The van der Waals surface area contributed by atoms with E-state index in [0.29, 0.717) is 56.5 Å². The zero-order chi connectivity index (χ0) is 45.1. The van der Waals surface area contributed by atoms with Crippen LogP contribution in [-0.2, 0) is 55.5 Å². The summed E-state index contributed by atoms with van der Waals surface area (Å²) in [6, 6.07) is 14.8. The summed E-state index contributed by atoms with van der Waals surface area (Å²) in [7, 11) is 0. The predicted octanol–water partition coefficient (Wildman–Crippen LogP) is 9.58. The maximum atomic E-state index is 12.0. The van der Waals surface area contributed by atoms with Crippen LogP contribution in [0.25, 0.3) is 0 Å². The molecular formula is C54H84N6O3. The molecule has 1 heterocycles. The van der Waals surface area contributed by atoms with Gasteiger partial charge in [-0.15, -0.1) is 0 Å². The van der Waals surface area contributed by atoms with Gasteiger partial charge in [-0.3, -0.25) is 0 Å². The molecule has 0 amide bonds. The molecule has 7 rings (SSSR count). The molecule has 1 aliphatic heterocycles. The van der Waals surface area contributed by atoms with Crippen molar-refractivity contribution >= 4 is 0 Å². The third-order valence-corrected chi connectivity index (χ3v) is 15.0. The van der Waals surface area contributed by atoms with Crippen molar-refractivity contribution in [3.05, 3.63) is 86.5 Å². The Morgan fingerprint density at radius 3 is 0.619 bits per heavy atom. The van der Waals surface area contributed by atoms with Crippen LogP contribution in [0.3, 0.4) is 0 Å². The quantitative estimate of drug-likeness (QED) is 0.108. The molecule has 348 valence electrons. The van der Waals surface area contributed by atoms with Crippen LogP contribution in [0.5, 0.6) is 17.2 Å². The van der Waals surface area contributed by atoms with Gasteiger partial charge in [0.2, 0.25) is 0 Å². The molecular weight excluding hydrogens is 781 g/mol. The molecule has 0 unspecified atom stereocenters. The zero-order valence-electron chi connectivity index (χ0n) is 40.5. The molecule has 9 heteroatoms. The number of hydrogen-bond donors (Lipinski definition) is 9. The highest BCUT2D eigenvalue weighted by molar-refractivity contribution is 5.48. The van der Waals surface area contributed by atoms with E-state index in [4.69, 9.17) is 0 Å². The Labute approximate surface area is 380 Å². The first-order valence-corrected chi connectivity index (χ1v) is 24.8. The molecule has 4 aliphatic rings. The van der Waals surface area contributed by atoms with E-state index in [1.54, 1.807) is 0 Å². The van der Waals surface area contributed by atoms with Crippen LogP contribution in [0.15, 0.2) is 36.4 Å². The fourth-order valence-corrected chi connectivity index (χ4v) is 10.7. The Kier molecular flexibility index (Phi) is 15.3. The molecule has 0 spiro atoms. The summed E-state index contributed by atoms with van der Waals surface area (Å²) in [5.74, 6) is 1.16. The van der Waals surface area contributed by atoms with E-state index >= 15 is 0 Å². The molecule has 9 N–H and O–H groups in total. The van der Waals surface area contributed by atoms with E-state index in [9.17, 15) is 15.3 Å². The number of benzene rings is 3. The van der Waals surface area contributed by atoms with Gasteiger partial charge in [-0.05, 0) is 71.5 Å². The SMILES string of the molecule is CC(C)(C)c1cc2c(O)c(c1)CN[C@@H]1CCCC[C@H]1NCc1cc(C(C)(C)C)cc(c1O)CN[C@@H]1CCCC[C@H]1NCc1cc(C(C)(C)C)cc(c1O)CN[C@@H]1CCCC[C@H]1NC2. The fourth-order valence-electron chi connectivity index (χ4n) is 10.7. The Morgan fingerprint density at radius 1 is 0.317 bits per heavy atom. The normalized spacial score (nSPS) is 26.4. The van der Waals surface area contributed by atoms with Gasteiger partial charge in [-0.1, -0.05) is 137 Å². The van der Waals surface area contributed by atoms with Crippen LogP contribution in [0.4, 0.5) is 0 Å². The molecule has 6 atom stereocenters. The largest absolute Gasteiger partial charge is 0.507 e. The minimum atomic E-state index is -0.0749. The Bertz CT molecular complexity index is 1670. The first-order valence-electron chi connectivity index (χ1n) is 24.8. The Hall–Kier alpha value is -3.18. The molecule has 3 aliphatic carbocycles. The van der Waals surface area contributed by atoms with Crippen LogP contribution in [-0.4, -0.2) is 51.6 Å². The lowest BCUT2D eigenvalue weighted by Gasteiger charge is -2.34. The summed E-state index contributed by atoms with van der Waals surface area (Å²) in [5.41, 5.74) is 9.17. The first kappa shape index (κ1) is 47.8. The van der Waals surface area contributed by atoms with E-state index in [0.717, 1.165) is 71.9 Å². The zero-order valence-corrected chi connectivity index (χ0v) is 40.5. The number of aromatic hydroxyl groups is 3. The van der Waals surface area contributed by atoms with E-state index in [2.05, 4.69) is 131 Å². The van der Waals surface area contributed by atoms with Gasteiger partial charge in [0, 0.05) is 109 Å². The summed E-state index contributed by atoms with van der Waals surface area (Å²) in [6.07, 6.45) is 13.5. The topological polar surface area (TPSA) is 133 Å². The lowest BCUT2D eigenvalue weighted by molar-refractivity contribution is 0.277. The number of phenolic OH excluding ortho intramolecular Hbond substituents is 3. The number of rotatable bonds is 0. The molecule has 9 nitrogen and oxygen atoms in total. The molecule has 0 saturated heterocycles. The van der Waals surface area contributed by atoms with Gasteiger partial charge in [0.25, 0.3) is 0 Å². The van der Waals surface area contributed by atoms with Crippen molar-refractivity contribution < 1.29 is 15.3 Å². The lowest BCUT2D eigenvalue weighted by atomic mass is 9.84. The van der Waals surface area contributed by atoms with Crippen LogP contribution in [0.2, 0.25) is 0 Å². The minimum Gasteiger partial charge on any atom is -0.507 e. The van der Waals surface area contributed by atoms with Crippen molar-refractivity contribution in [2.24, 2.45) is 0 Å². The van der Waals surface area contributed by atoms with Crippen LogP contribution in [0.1, 0.15) is 189 Å². The standard InChI is InChI=1S/C54H84N6O3/c1-52(2,3)40-22-34-28-55-43-16-10-12-18-45(43)57-30-36-24-41(53(4,5)6)26-38(50(36)62)32-59-47-20-14-15-21-48(47)60-33-39-27-42(54(7,8)9)25-37(51(39)63)31-58-46-19-13-11-17-44(46)56-29-35(23-40)49(34)61/h22-27,43-48,55-63H,10-21,28-33H2,1-9H3/t43-,44-,45-,46-,47-,48-/m1/s1. The van der Waals surface area contributed by atoms with Gasteiger partial charge >= 0.3 is 0 Å². The van der Waals surface area contributed by atoms with Gasteiger partial charge < -0.3 is 47.2 Å². The summed E-state index contributed by atoms with van der Waals surface area (Å²) in [6.45, 7) is 23.9. The molecule has 63 heavy (non-hydrogen) atoms. The van der Waals surface area contributed by atoms with E-state index in [1.807, 2.05) is 0 Å². The van der Waals surface area contributed by atoms with Crippen molar-refractivity contribution in [3.8, 4) is 17.2 Å². The van der Waals surface area contributed by atoms with Crippen LogP contribution >= 0.6 is 0 Å².